The Morgan fingerprint density at radius 3 is 2.83 bits per heavy atom. The summed E-state index contributed by atoms with van der Waals surface area (Å²) < 4.78 is 11.3. The van der Waals surface area contributed by atoms with Crippen LogP contribution in [0.25, 0.3) is 0 Å². The van der Waals surface area contributed by atoms with Gasteiger partial charge in [-0.05, 0) is 38.0 Å². The first kappa shape index (κ1) is 16.7. The van der Waals surface area contributed by atoms with Crippen LogP contribution in [-0.4, -0.2) is 30.0 Å². The zero-order valence-corrected chi connectivity index (χ0v) is 14.4. The molecule has 128 valence electrons. The van der Waals surface area contributed by atoms with Gasteiger partial charge < -0.3 is 19.8 Å². The second-order valence-corrected chi connectivity index (χ2v) is 6.49. The van der Waals surface area contributed by atoms with E-state index in [1.54, 1.807) is 6.07 Å². The maximum atomic E-state index is 12.8. The normalized spacial score (nSPS) is 21.1. The molecule has 1 aromatic heterocycles. The van der Waals surface area contributed by atoms with Gasteiger partial charge in [-0.2, -0.15) is 0 Å². The molecule has 2 N–H and O–H groups in total. The van der Waals surface area contributed by atoms with Crippen LogP contribution in [0.1, 0.15) is 45.8 Å². The van der Waals surface area contributed by atoms with Crippen LogP contribution in [0.5, 0.6) is 0 Å². The lowest BCUT2D eigenvalue weighted by Gasteiger charge is -2.38. The van der Waals surface area contributed by atoms with Crippen molar-refractivity contribution >= 4 is 5.91 Å². The Hall–Kier alpha value is -2.11. The highest BCUT2D eigenvalue weighted by molar-refractivity contribution is 5.94. The first-order valence-corrected chi connectivity index (χ1v) is 8.26. The summed E-state index contributed by atoms with van der Waals surface area (Å²) in [5.74, 6) is 0.579. The van der Waals surface area contributed by atoms with Crippen LogP contribution in [0.4, 0.5) is 0 Å². The maximum Gasteiger partial charge on any atom is 0.257 e. The molecule has 1 aliphatic heterocycles. The molecule has 2 heterocycles. The van der Waals surface area contributed by atoms with E-state index < -0.39 is 0 Å². The van der Waals surface area contributed by atoms with Gasteiger partial charge in [-0.25, -0.2) is 0 Å². The van der Waals surface area contributed by atoms with Gasteiger partial charge in [0, 0.05) is 0 Å². The molecule has 0 saturated carbocycles. The number of amides is 1. The molecule has 1 fully saturated rings. The summed E-state index contributed by atoms with van der Waals surface area (Å²) >= 11 is 0. The summed E-state index contributed by atoms with van der Waals surface area (Å²) in [5.41, 5.74) is 9.63. The molecule has 5 heteroatoms. The van der Waals surface area contributed by atoms with Crippen LogP contribution in [-0.2, 0) is 11.3 Å². The van der Waals surface area contributed by atoms with Crippen molar-refractivity contribution in [3.63, 3.8) is 0 Å². The lowest BCUT2D eigenvalue weighted by molar-refractivity contribution is -0.0489. The van der Waals surface area contributed by atoms with E-state index in [-0.39, 0.29) is 24.6 Å². The molecule has 1 amide bonds. The molecule has 0 spiro atoms. The lowest BCUT2D eigenvalue weighted by Crippen LogP contribution is -2.48. The van der Waals surface area contributed by atoms with Gasteiger partial charge in [-0.15, -0.1) is 0 Å². The summed E-state index contributed by atoms with van der Waals surface area (Å²) in [6, 6.07) is 8.07. The summed E-state index contributed by atoms with van der Waals surface area (Å²) in [4.78, 5) is 14.7. The lowest BCUT2D eigenvalue weighted by atomic mass is 9.98. The quantitative estimate of drug-likeness (QED) is 0.940. The Kier molecular flexibility index (Phi) is 4.73. The standard InChI is InChI=1S/C19H24N2O3/c1-12-4-5-13(2)17(6-12)18-9-21(14(3)10-24-18)19(22)15-7-16(8-20)23-11-15/h4-7,11,14,18H,8-10,20H2,1-3H3. The minimum Gasteiger partial charge on any atom is -0.467 e. The van der Waals surface area contributed by atoms with Crippen LogP contribution in [0, 0.1) is 13.8 Å². The molecule has 0 bridgehead atoms. The van der Waals surface area contributed by atoms with Crippen molar-refractivity contribution in [2.75, 3.05) is 13.2 Å². The summed E-state index contributed by atoms with van der Waals surface area (Å²) in [6.07, 6.45) is 1.38. The number of ether oxygens (including phenoxy) is 1. The third-order valence-corrected chi connectivity index (χ3v) is 4.58. The topological polar surface area (TPSA) is 68.7 Å². The third kappa shape index (κ3) is 3.23. The van der Waals surface area contributed by atoms with Gasteiger partial charge >= 0.3 is 0 Å². The molecule has 2 atom stereocenters. The van der Waals surface area contributed by atoms with Gasteiger partial charge in [0.2, 0.25) is 0 Å². The Labute approximate surface area is 142 Å². The van der Waals surface area contributed by atoms with E-state index in [0.717, 1.165) is 5.56 Å². The second kappa shape index (κ2) is 6.79. The van der Waals surface area contributed by atoms with Crippen molar-refractivity contribution in [1.82, 2.24) is 4.90 Å². The molecule has 0 radical (unpaired) electrons. The number of nitrogens with two attached hydrogens (primary N) is 1. The van der Waals surface area contributed by atoms with Crippen molar-refractivity contribution in [2.24, 2.45) is 5.73 Å². The number of hydrogen-bond donors (Lipinski definition) is 1. The van der Waals surface area contributed by atoms with Gasteiger partial charge in [0.1, 0.15) is 18.1 Å². The van der Waals surface area contributed by atoms with Crippen molar-refractivity contribution in [3.05, 3.63) is 58.5 Å². The number of carbonyl (C=O) groups excluding carboxylic acids is 1. The number of morpholine rings is 1. The third-order valence-electron chi connectivity index (χ3n) is 4.58. The molecular weight excluding hydrogens is 304 g/mol. The van der Waals surface area contributed by atoms with Gasteiger partial charge in [-0.1, -0.05) is 23.8 Å². The van der Waals surface area contributed by atoms with Crippen LogP contribution in [0.15, 0.2) is 34.9 Å². The average Bonchev–Trinajstić information content (AvgIpc) is 3.06. The fraction of sp³-hybridized carbons (Fsp3) is 0.421. The Bertz CT molecular complexity index is 738. The van der Waals surface area contributed by atoms with E-state index in [0.29, 0.717) is 24.5 Å². The fourth-order valence-corrected chi connectivity index (χ4v) is 3.10. The van der Waals surface area contributed by atoms with Crippen molar-refractivity contribution in [3.8, 4) is 0 Å². The number of carbonyl (C=O) groups is 1. The number of furan rings is 1. The molecule has 3 rings (SSSR count). The highest BCUT2D eigenvalue weighted by Gasteiger charge is 2.32. The van der Waals surface area contributed by atoms with Gasteiger partial charge in [0.05, 0.1) is 31.3 Å². The first-order valence-electron chi connectivity index (χ1n) is 8.26. The Morgan fingerprint density at radius 1 is 1.33 bits per heavy atom. The maximum absolute atomic E-state index is 12.8. The monoisotopic (exact) mass is 328 g/mol. The van der Waals surface area contributed by atoms with Crippen LogP contribution >= 0.6 is 0 Å². The van der Waals surface area contributed by atoms with Gasteiger partial charge in [0.15, 0.2) is 0 Å². The van der Waals surface area contributed by atoms with Gasteiger partial charge in [0.25, 0.3) is 5.91 Å². The Balaban J connectivity index is 1.83. The molecular formula is C19H24N2O3. The zero-order valence-electron chi connectivity index (χ0n) is 14.4. The second-order valence-electron chi connectivity index (χ2n) is 6.49. The number of hydrogen-bond acceptors (Lipinski definition) is 4. The molecule has 2 aromatic rings. The summed E-state index contributed by atoms with van der Waals surface area (Å²) in [6.45, 7) is 7.49. The molecule has 5 nitrogen and oxygen atoms in total. The number of benzene rings is 1. The minimum atomic E-state index is -0.106. The van der Waals surface area contributed by atoms with Crippen LogP contribution in [0.2, 0.25) is 0 Å². The van der Waals surface area contributed by atoms with Crippen LogP contribution < -0.4 is 5.73 Å². The predicted octanol–water partition coefficient (Wildman–Crippen LogP) is 2.96. The molecule has 0 aliphatic carbocycles. The molecule has 1 aromatic carbocycles. The van der Waals surface area contributed by atoms with Crippen molar-refractivity contribution in [1.29, 1.82) is 0 Å². The minimum absolute atomic E-state index is 0.0232. The van der Waals surface area contributed by atoms with E-state index in [1.165, 1.54) is 17.4 Å². The summed E-state index contributed by atoms with van der Waals surface area (Å²) in [7, 11) is 0. The van der Waals surface area contributed by atoms with Crippen LogP contribution in [0.3, 0.4) is 0 Å². The SMILES string of the molecule is Cc1ccc(C)c(C2CN(C(=O)c3coc(CN)c3)C(C)CO2)c1. The van der Waals surface area contributed by atoms with E-state index in [2.05, 4.69) is 32.0 Å². The molecule has 1 aliphatic rings. The highest BCUT2D eigenvalue weighted by atomic mass is 16.5. The van der Waals surface area contributed by atoms with Crippen molar-refractivity contribution in [2.45, 2.75) is 39.5 Å². The largest absolute Gasteiger partial charge is 0.467 e. The highest BCUT2D eigenvalue weighted by Crippen LogP contribution is 2.29. The predicted molar refractivity (Wildman–Crippen MR) is 91.7 cm³/mol. The van der Waals surface area contributed by atoms with E-state index in [9.17, 15) is 4.79 Å². The van der Waals surface area contributed by atoms with E-state index >= 15 is 0 Å². The molecule has 24 heavy (non-hydrogen) atoms. The summed E-state index contributed by atoms with van der Waals surface area (Å²) in [5, 5.41) is 0. The van der Waals surface area contributed by atoms with Crippen molar-refractivity contribution < 1.29 is 13.9 Å². The van der Waals surface area contributed by atoms with E-state index in [1.807, 2.05) is 11.8 Å². The zero-order chi connectivity index (χ0) is 17.3. The fourth-order valence-electron chi connectivity index (χ4n) is 3.10. The first-order chi connectivity index (χ1) is 11.5. The number of nitrogens with zero attached hydrogens (tertiary/aromatic N) is 1. The molecule has 1 saturated heterocycles. The Morgan fingerprint density at radius 2 is 2.12 bits per heavy atom. The number of rotatable bonds is 3. The smallest absolute Gasteiger partial charge is 0.257 e. The molecule has 2 unspecified atom stereocenters. The van der Waals surface area contributed by atoms with E-state index in [4.69, 9.17) is 14.9 Å². The van der Waals surface area contributed by atoms with Gasteiger partial charge in [-0.3, -0.25) is 4.79 Å². The number of aryl methyl sites for hydroxylation is 2. The average molecular weight is 328 g/mol.